The summed E-state index contributed by atoms with van der Waals surface area (Å²) in [7, 11) is 0. The summed E-state index contributed by atoms with van der Waals surface area (Å²) in [4.78, 5) is 26.6. The number of carbonyl (C=O) groups excluding carboxylic acids is 2. The van der Waals surface area contributed by atoms with Crippen molar-refractivity contribution >= 4 is 11.8 Å². The second-order valence-electron chi connectivity index (χ2n) is 8.54. The number of nitrogens with one attached hydrogen (secondary N) is 1. The van der Waals surface area contributed by atoms with Gasteiger partial charge in [0.25, 0.3) is 0 Å². The van der Waals surface area contributed by atoms with Crippen molar-refractivity contribution in [2.75, 3.05) is 13.1 Å². The fraction of sp³-hybridized carbons (Fsp3) is 0.652. The Hall–Kier alpha value is -1.91. The van der Waals surface area contributed by atoms with Gasteiger partial charge < -0.3 is 10.2 Å². The van der Waals surface area contributed by atoms with Crippen molar-refractivity contribution in [2.24, 2.45) is 5.92 Å². The molecular formula is C23H33FN2O2. The van der Waals surface area contributed by atoms with Gasteiger partial charge in [0, 0.05) is 32.0 Å². The molecular weight excluding hydrogens is 355 g/mol. The van der Waals surface area contributed by atoms with Crippen LogP contribution in [0.25, 0.3) is 0 Å². The predicted octanol–water partition coefficient (Wildman–Crippen LogP) is 4.14. The maximum atomic E-state index is 13.4. The zero-order valence-corrected chi connectivity index (χ0v) is 17.0. The van der Waals surface area contributed by atoms with E-state index in [4.69, 9.17) is 0 Å². The molecule has 28 heavy (non-hydrogen) atoms. The zero-order valence-electron chi connectivity index (χ0n) is 17.0. The lowest BCUT2D eigenvalue weighted by Gasteiger charge is -2.18. The Labute approximate surface area is 167 Å². The number of hydrogen-bond acceptors (Lipinski definition) is 2. The highest BCUT2D eigenvalue weighted by Gasteiger charge is 2.26. The van der Waals surface area contributed by atoms with Crippen LogP contribution in [0.5, 0.6) is 0 Å². The van der Waals surface area contributed by atoms with Crippen LogP contribution in [0, 0.1) is 18.7 Å². The van der Waals surface area contributed by atoms with Gasteiger partial charge in [-0.15, -0.1) is 0 Å². The van der Waals surface area contributed by atoms with Gasteiger partial charge in [-0.1, -0.05) is 37.8 Å². The maximum Gasteiger partial charge on any atom is 0.223 e. The van der Waals surface area contributed by atoms with Crippen LogP contribution < -0.4 is 5.32 Å². The van der Waals surface area contributed by atoms with Crippen molar-refractivity contribution in [3.63, 3.8) is 0 Å². The monoisotopic (exact) mass is 388 g/mol. The summed E-state index contributed by atoms with van der Waals surface area (Å²) in [5.41, 5.74) is 1.80. The number of amides is 2. The quantitative estimate of drug-likeness (QED) is 0.745. The van der Waals surface area contributed by atoms with Crippen LogP contribution >= 0.6 is 0 Å². The molecule has 1 aromatic carbocycles. The van der Waals surface area contributed by atoms with Crippen LogP contribution in [0.15, 0.2) is 18.2 Å². The van der Waals surface area contributed by atoms with Crippen LogP contribution in [0.1, 0.15) is 68.9 Å². The number of carbonyl (C=O) groups is 2. The first-order valence-corrected chi connectivity index (χ1v) is 10.8. The van der Waals surface area contributed by atoms with Crippen molar-refractivity contribution in [3.05, 3.63) is 35.1 Å². The molecule has 2 amide bonds. The van der Waals surface area contributed by atoms with Gasteiger partial charge in [-0.25, -0.2) is 4.39 Å². The van der Waals surface area contributed by atoms with Crippen molar-refractivity contribution in [2.45, 2.75) is 77.2 Å². The Morgan fingerprint density at radius 1 is 1.11 bits per heavy atom. The molecule has 1 aliphatic carbocycles. The number of hydrogen-bond donors (Lipinski definition) is 1. The number of rotatable bonds is 6. The minimum absolute atomic E-state index is 0.0118. The first-order chi connectivity index (χ1) is 13.5. The predicted molar refractivity (Wildman–Crippen MR) is 108 cm³/mol. The van der Waals surface area contributed by atoms with Gasteiger partial charge >= 0.3 is 0 Å². The van der Waals surface area contributed by atoms with E-state index in [2.05, 4.69) is 5.32 Å². The third-order valence-electron chi connectivity index (χ3n) is 6.17. The molecule has 1 aromatic rings. The third kappa shape index (κ3) is 6.05. The molecule has 1 atom stereocenters. The van der Waals surface area contributed by atoms with Crippen LogP contribution in [0.3, 0.4) is 0 Å². The molecule has 154 valence electrons. The van der Waals surface area contributed by atoms with Gasteiger partial charge in [-0.05, 0) is 55.7 Å². The Morgan fingerprint density at radius 3 is 2.57 bits per heavy atom. The summed E-state index contributed by atoms with van der Waals surface area (Å²) in [6.45, 7) is 3.27. The number of halogens is 1. The van der Waals surface area contributed by atoms with Crippen molar-refractivity contribution < 1.29 is 14.0 Å². The lowest BCUT2D eigenvalue weighted by molar-refractivity contribution is -0.133. The average molecular weight is 389 g/mol. The van der Waals surface area contributed by atoms with Gasteiger partial charge in [-0.2, -0.15) is 0 Å². The molecule has 0 aromatic heterocycles. The molecule has 0 spiro atoms. The Balaban J connectivity index is 1.39. The lowest BCUT2D eigenvalue weighted by Crippen LogP contribution is -2.36. The van der Waals surface area contributed by atoms with Crippen molar-refractivity contribution in [1.29, 1.82) is 0 Å². The molecule has 0 bridgehead atoms. The molecule has 1 saturated carbocycles. The summed E-state index contributed by atoms with van der Waals surface area (Å²) in [6, 6.07) is 5.55. The molecule has 5 heteroatoms. The topological polar surface area (TPSA) is 49.4 Å². The third-order valence-corrected chi connectivity index (χ3v) is 6.17. The largest absolute Gasteiger partial charge is 0.353 e. The molecule has 1 unspecified atom stereocenters. The second-order valence-corrected chi connectivity index (χ2v) is 8.54. The average Bonchev–Trinajstić information content (AvgIpc) is 2.99. The fourth-order valence-corrected chi connectivity index (χ4v) is 4.50. The van der Waals surface area contributed by atoms with E-state index in [0.29, 0.717) is 23.9 Å². The smallest absolute Gasteiger partial charge is 0.223 e. The maximum absolute atomic E-state index is 13.4. The van der Waals surface area contributed by atoms with E-state index in [0.717, 1.165) is 44.3 Å². The molecule has 2 aliphatic rings. The molecule has 0 radical (unpaired) electrons. The second kappa shape index (κ2) is 10.0. The number of nitrogens with zero attached hydrogens (tertiary/aromatic N) is 1. The molecule has 1 N–H and O–H groups in total. The van der Waals surface area contributed by atoms with E-state index in [1.807, 2.05) is 17.0 Å². The van der Waals surface area contributed by atoms with E-state index in [-0.39, 0.29) is 24.1 Å². The Kier molecular flexibility index (Phi) is 7.46. The zero-order chi connectivity index (χ0) is 19.9. The van der Waals surface area contributed by atoms with Crippen molar-refractivity contribution in [1.82, 2.24) is 10.2 Å². The van der Waals surface area contributed by atoms with E-state index in [1.165, 1.54) is 31.7 Å². The van der Waals surface area contributed by atoms with E-state index in [1.54, 1.807) is 6.92 Å². The lowest BCUT2D eigenvalue weighted by atomic mass is 9.97. The van der Waals surface area contributed by atoms with E-state index < -0.39 is 0 Å². The highest BCUT2D eigenvalue weighted by atomic mass is 19.1. The fourth-order valence-electron chi connectivity index (χ4n) is 4.50. The van der Waals surface area contributed by atoms with Crippen LogP contribution in [0.4, 0.5) is 4.39 Å². The van der Waals surface area contributed by atoms with Crippen molar-refractivity contribution in [3.8, 4) is 0 Å². The molecule has 1 saturated heterocycles. The summed E-state index contributed by atoms with van der Waals surface area (Å²) < 4.78 is 13.4. The molecule has 4 nitrogen and oxygen atoms in total. The molecule has 2 fully saturated rings. The first-order valence-electron chi connectivity index (χ1n) is 10.8. The Bertz CT molecular complexity index is 683. The first kappa shape index (κ1) is 20.8. The molecule has 1 heterocycles. The molecule has 3 rings (SSSR count). The molecule has 1 aliphatic heterocycles. The SMILES string of the molecule is Cc1cc(CC2CCN(C(=O)CCC(=O)NC3CCCCCC3)C2)ccc1F. The van der Waals surface area contributed by atoms with Crippen LogP contribution in [0.2, 0.25) is 0 Å². The normalized spacial score (nSPS) is 20.8. The highest BCUT2D eigenvalue weighted by Crippen LogP contribution is 2.23. The summed E-state index contributed by atoms with van der Waals surface area (Å²) in [5.74, 6) is 0.328. The summed E-state index contributed by atoms with van der Waals surface area (Å²) >= 11 is 0. The minimum Gasteiger partial charge on any atom is -0.353 e. The van der Waals surface area contributed by atoms with Gasteiger partial charge in [0.2, 0.25) is 11.8 Å². The number of likely N-dealkylation sites (tertiary alicyclic amines) is 1. The summed E-state index contributed by atoms with van der Waals surface area (Å²) in [6.07, 6.45) is 9.45. The number of aryl methyl sites for hydroxylation is 1. The highest BCUT2D eigenvalue weighted by molar-refractivity contribution is 5.84. The van der Waals surface area contributed by atoms with Gasteiger partial charge in [-0.3, -0.25) is 9.59 Å². The van der Waals surface area contributed by atoms with Gasteiger partial charge in [0.05, 0.1) is 0 Å². The van der Waals surface area contributed by atoms with Crippen LogP contribution in [-0.2, 0) is 16.0 Å². The minimum atomic E-state index is -0.172. The number of benzene rings is 1. The van der Waals surface area contributed by atoms with E-state index >= 15 is 0 Å². The Morgan fingerprint density at radius 2 is 1.86 bits per heavy atom. The van der Waals surface area contributed by atoms with Gasteiger partial charge in [0.1, 0.15) is 5.82 Å². The standard InChI is InChI=1S/C23H33FN2O2/c1-17-14-18(8-9-21(17)24)15-19-12-13-26(16-19)23(28)11-10-22(27)25-20-6-4-2-3-5-7-20/h8-9,14,19-20H,2-7,10-13,15-16H2,1H3,(H,25,27). The van der Waals surface area contributed by atoms with E-state index in [9.17, 15) is 14.0 Å². The summed E-state index contributed by atoms with van der Waals surface area (Å²) in [5, 5.41) is 3.12. The van der Waals surface area contributed by atoms with Crippen LogP contribution in [-0.4, -0.2) is 35.8 Å². The van der Waals surface area contributed by atoms with Gasteiger partial charge in [0.15, 0.2) is 0 Å².